The van der Waals surface area contributed by atoms with Gasteiger partial charge in [-0.25, -0.2) is 0 Å². The highest BCUT2D eigenvalue weighted by atomic mass is 16.3. The highest BCUT2D eigenvalue weighted by molar-refractivity contribution is 5.80. The molecule has 4 nitrogen and oxygen atoms in total. The molecule has 0 radical (unpaired) electrons. The van der Waals surface area contributed by atoms with Crippen molar-refractivity contribution < 1.29 is 4.42 Å². The van der Waals surface area contributed by atoms with Crippen LogP contribution in [0.15, 0.2) is 27.8 Å². The number of furan rings is 1. The van der Waals surface area contributed by atoms with Crippen LogP contribution in [0.1, 0.15) is 51.2 Å². The average Bonchev–Trinajstić information content (AvgIpc) is 2.99. The minimum atomic E-state index is 0.593. The van der Waals surface area contributed by atoms with Crippen molar-refractivity contribution in [2.45, 2.75) is 57.9 Å². The Labute approximate surface area is 122 Å². The van der Waals surface area contributed by atoms with E-state index in [1.54, 1.807) is 6.26 Å². The number of guanidine groups is 1. The van der Waals surface area contributed by atoms with E-state index in [2.05, 4.69) is 22.5 Å². The molecule has 1 aromatic rings. The van der Waals surface area contributed by atoms with Gasteiger partial charge in [-0.05, 0) is 31.4 Å². The van der Waals surface area contributed by atoms with E-state index in [1.807, 2.05) is 12.1 Å². The molecule has 4 heteroatoms. The normalized spacial score (nSPS) is 17.1. The van der Waals surface area contributed by atoms with Crippen LogP contribution >= 0.6 is 0 Å². The van der Waals surface area contributed by atoms with Gasteiger partial charge in [0.2, 0.25) is 0 Å². The van der Waals surface area contributed by atoms with Crippen molar-refractivity contribution in [3.05, 3.63) is 24.2 Å². The number of hydrogen-bond acceptors (Lipinski definition) is 2. The maximum Gasteiger partial charge on any atom is 0.191 e. The van der Waals surface area contributed by atoms with E-state index < -0.39 is 0 Å². The molecule has 1 aliphatic carbocycles. The molecule has 1 saturated carbocycles. The van der Waals surface area contributed by atoms with Gasteiger partial charge in [-0.3, -0.25) is 4.99 Å². The zero-order valence-electron chi connectivity index (χ0n) is 12.5. The Balaban J connectivity index is 1.76. The third-order valence-electron chi connectivity index (χ3n) is 3.68. The maximum absolute atomic E-state index is 5.35. The lowest BCUT2D eigenvalue weighted by atomic mass is 9.96. The first-order valence-corrected chi connectivity index (χ1v) is 7.95. The second-order valence-corrected chi connectivity index (χ2v) is 5.47. The smallest absolute Gasteiger partial charge is 0.191 e. The molecule has 0 saturated heterocycles. The summed E-state index contributed by atoms with van der Waals surface area (Å²) in [6.07, 6.45) is 10.3. The average molecular weight is 277 g/mol. The number of nitrogens with zero attached hydrogens (tertiary/aromatic N) is 1. The van der Waals surface area contributed by atoms with Crippen molar-refractivity contribution in [3.8, 4) is 0 Å². The highest BCUT2D eigenvalue weighted by Gasteiger charge is 2.14. The standard InChI is InChI=1S/C16H27N3O/c1-2-11-17-16(19-14-7-4-3-5-8-14)18-12-10-15-9-6-13-20-15/h6,9,13-14H,2-5,7-8,10-12H2,1H3,(H2,17,18,19). The third-order valence-corrected chi connectivity index (χ3v) is 3.68. The van der Waals surface area contributed by atoms with Crippen LogP contribution in [-0.2, 0) is 6.42 Å². The van der Waals surface area contributed by atoms with Crippen LogP contribution in [0.4, 0.5) is 0 Å². The van der Waals surface area contributed by atoms with Gasteiger partial charge in [0.1, 0.15) is 5.76 Å². The van der Waals surface area contributed by atoms with Crippen molar-refractivity contribution >= 4 is 5.96 Å². The van der Waals surface area contributed by atoms with Gasteiger partial charge in [0.15, 0.2) is 5.96 Å². The Morgan fingerprint density at radius 1 is 1.35 bits per heavy atom. The fourth-order valence-electron chi connectivity index (χ4n) is 2.58. The van der Waals surface area contributed by atoms with E-state index in [0.29, 0.717) is 6.04 Å². The number of rotatable bonds is 6. The van der Waals surface area contributed by atoms with Crippen molar-refractivity contribution in [2.75, 3.05) is 13.1 Å². The lowest BCUT2D eigenvalue weighted by Crippen LogP contribution is -2.45. The summed E-state index contributed by atoms with van der Waals surface area (Å²) >= 11 is 0. The molecule has 0 bridgehead atoms. The Bertz CT molecular complexity index is 380. The molecule has 1 fully saturated rings. The maximum atomic E-state index is 5.35. The minimum Gasteiger partial charge on any atom is -0.469 e. The Morgan fingerprint density at radius 3 is 2.90 bits per heavy atom. The molecular formula is C16H27N3O. The molecule has 2 N–H and O–H groups in total. The highest BCUT2D eigenvalue weighted by Crippen LogP contribution is 2.17. The first-order valence-electron chi connectivity index (χ1n) is 7.95. The van der Waals surface area contributed by atoms with Gasteiger partial charge in [0, 0.05) is 25.6 Å². The zero-order valence-corrected chi connectivity index (χ0v) is 12.5. The van der Waals surface area contributed by atoms with Crippen molar-refractivity contribution in [1.82, 2.24) is 10.6 Å². The summed E-state index contributed by atoms with van der Waals surface area (Å²) < 4.78 is 5.35. The fraction of sp³-hybridized carbons (Fsp3) is 0.688. The van der Waals surface area contributed by atoms with Crippen LogP contribution in [0.3, 0.4) is 0 Å². The van der Waals surface area contributed by atoms with E-state index in [9.17, 15) is 0 Å². The summed E-state index contributed by atoms with van der Waals surface area (Å²) in [6.45, 7) is 3.89. The molecule has 0 amide bonds. The predicted octanol–water partition coefficient (Wildman–Crippen LogP) is 3.10. The van der Waals surface area contributed by atoms with Gasteiger partial charge in [-0.2, -0.15) is 0 Å². The lowest BCUT2D eigenvalue weighted by Gasteiger charge is -2.25. The predicted molar refractivity (Wildman–Crippen MR) is 83.0 cm³/mol. The summed E-state index contributed by atoms with van der Waals surface area (Å²) in [5.41, 5.74) is 0. The van der Waals surface area contributed by atoms with Crippen LogP contribution in [0.5, 0.6) is 0 Å². The van der Waals surface area contributed by atoms with Crippen LogP contribution in [0.2, 0.25) is 0 Å². The second-order valence-electron chi connectivity index (χ2n) is 5.47. The summed E-state index contributed by atoms with van der Waals surface area (Å²) in [5.74, 6) is 1.98. The molecule has 0 unspecified atom stereocenters. The zero-order chi connectivity index (χ0) is 14.0. The molecule has 0 aliphatic heterocycles. The number of nitrogens with one attached hydrogen (secondary N) is 2. The molecule has 112 valence electrons. The summed E-state index contributed by atoms with van der Waals surface area (Å²) in [5, 5.41) is 7.00. The first kappa shape index (κ1) is 14.9. The van der Waals surface area contributed by atoms with Crippen molar-refractivity contribution in [2.24, 2.45) is 4.99 Å². The quantitative estimate of drug-likeness (QED) is 0.620. The van der Waals surface area contributed by atoms with E-state index in [1.165, 1.54) is 32.1 Å². The largest absolute Gasteiger partial charge is 0.469 e. The molecule has 2 rings (SSSR count). The second kappa shape index (κ2) is 8.67. The molecule has 0 atom stereocenters. The van der Waals surface area contributed by atoms with Crippen molar-refractivity contribution in [1.29, 1.82) is 0 Å². The SMILES string of the molecule is CCCN=C(NCCc1ccco1)NC1CCCCC1. The van der Waals surface area contributed by atoms with Crippen molar-refractivity contribution in [3.63, 3.8) is 0 Å². The van der Waals surface area contributed by atoms with E-state index in [4.69, 9.17) is 4.42 Å². The number of hydrogen-bond donors (Lipinski definition) is 2. The fourth-order valence-corrected chi connectivity index (χ4v) is 2.58. The van der Waals surface area contributed by atoms with E-state index in [-0.39, 0.29) is 0 Å². The van der Waals surface area contributed by atoms with Crippen LogP contribution in [0, 0.1) is 0 Å². The van der Waals surface area contributed by atoms with Gasteiger partial charge < -0.3 is 15.1 Å². The summed E-state index contributed by atoms with van der Waals surface area (Å²) in [7, 11) is 0. The molecular weight excluding hydrogens is 250 g/mol. The van der Waals surface area contributed by atoms with Gasteiger partial charge in [-0.15, -0.1) is 0 Å². The number of aliphatic imine (C=N–C) groups is 1. The topological polar surface area (TPSA) is 49.6 Å². The Hall–Kier alpha value is -1.45. The summed E-state index contributed by atoms with van der Waals surface area (Å²) in [6, 6.07) is 4.54. The third kappa shape index (κ3) is 5.27. The van der Waals surface area contributed by atoms with Gasteiger partial charge >= 0.3 is 0 Å². The van der Waals surface area contributed by atoms with Gasteiger partial charge in [0.05, 0.1) is 6.26 Å². The molecule has 1 aromatic heterocycles. The molecule has 1 aliphatic rings. The molecule has 20 heavy (non-hydrogen) atoms. The monoisotopic (exact) mass is 277 g/mol. The molecule has 0 spiro atoms. The van der Waals surface area contributed by atoms with E-state index in [0.717, 1.165) is 37.7 Å². The Kier molecular flexibility index (Phi) is 6.48. The molecule has 0 aromatic carbocycles. The Morgan fingerprint density at radius 2 is 2.20 bits per heavy atom. The van der Waals surface area contributed by atoms with Crippen LogP contribution < -0.4 is 10.6 Å². The summed E-state index contributed by atoms with van der Waals surface area (Å²) in [4.78, 5) is 4.62. The van der Waals surface area contributed by atoms with Crippen LogP contribution in [0.25, 0.3) is 0 Å². The molecule has 1 heterocycles. The lowest BCUT2D eigenvalue weighted by molar-refractivity contribution is 0.409. The van der Waals surface area contributed by atoms with E-state index >= 15 is 0 Å². The first-order chi connectivity index (χ1) is 9.88. The minimum absolute atomic E-state index is 0.593. The van der Waals surface area contributed by atoms with Gasteiger partial charge in [-0.1, -0.05) is 26.2 Å². The van der Waals surface area contributed by atoms with Gasteiger partial charge in [0.25, 0.3) is 0 Å². The van der Waals surface area contributed by atoms with Crippen LogP contribution in [-0.4, -0.2) is 25.1 Å².